The minimum Gasteiger partial charge on any atom is -0.379 e. The Hall–Kier alpha value is -1.70. The molecule has 142 valence electrons. The van der Waals surface area contributed by atoms with Gasteiger partial charge in [0.05, 0.1) is 30.0 Å². The summed E-state index contributed by atoms with van der Waals surface area (Å²) >= 11 is 1.62. The zero-order valence-electron chi connectivity index (χ0n) is 15.5. The van der Waals surface area contributed by atoms with Crippen LogP contribution in [0.4, 0.5) is 4.79 Å². The van der Waals surface area contributed by atoms with Gasteiger partial charge in [-0.2, -0.15) is 0 Å². The summed E-state index contributed by atoms with van der Waals surface area (Å²) in [6.07, 6.45) is 1.07. The lowest BCUT2D eigenvalue weighted by molar-refractivity contribution is 0.0129. The fourth-order valence-electron chi connectivity index (χ4n) is 3.27. The Morgan fingerprint density at radius 2 is 2.04 bits per heavy atom. The van der Waals surface area contributed by atoms with E-state index in [0.717, 1.165) is 47.9 Å². The van der Waals surface area contributed by atoms with Crippen molar-refractivity contribution < 1.29 is 9.53 Å². The van der Waals surface area contributed by atoms with Gasteiger partial charge in [-0.25, -0.2) is 9.78 Å². The lowest BCUT2D eigenvalue weighted by Gasteiger charge is -2.35. The van der Waals surface area contributed by atoms with Crippen molar-refractivity contribution in [1.29, 1.82) is 0 Å². The summed E-state index contributed by atoms with van der Waals surface area (Å²) in [5, 5.41) is 6.88. The van der Waals surface area contributed by atoms with Crippen LogP contribution in [0.15, 0.2) is 24.3 Å². The number of carbonyl (C=O) groups is 1. The predicted molar refractivity (Wildman–Crippen MR) is 105 cm³/mol. The molecule has 7 heteroatoms. The van der Waals surface area contributed by atoms with Crippen LogP contribution in [0.3, 0.4) is 0 Å². The first-order valence-electron chi connectivity index (χ1n) is 9.30. The van der Waals surface area contributed by atoms with Crippen LogP contribution in [0.25, 0.3) is 10.2 Å². The Bertz CT molecular complexity index is 679. The number of nitrogens with one attached hydrogen (secondary N) is 2. The molecule has 3 rings (SSSR count). The van der Waals surface area contributed by atoms with Gasteiger partial charge in [0.2, 0.25) is 0 Å². The van der Waals surface area contributed by atoms with Gasteiger partial charge in [-0.15, -0.1) is 11.3 Å². The second-order valence-electron chi connectivity index (χ2n) is 7.07. The number of morpholine rings is 1. The highest BCUT2D eigenvalue weighted by molar-refractivity contribution is 7.18. The second-order valence-corrected chi connectivity index (χ2v) is 8.19. The normalized spacial score (nSPS) is 16.7. The van der Waals surface area contributed by atoms with Crippen molar-refractivity contribution in [2.75, 3.05) is 32.8 Å². The van der Waals surface area contributed by atoms with Crippen LogP contribution in [0.5, 0.6) is 0 Å². The lowest BCUT2D eigenvalue weighted by atomic mass is 10.0. The number of ether oxygens (including phenoxy) is 1. The van der Waals surface area contributed by atoms with Crippen LogP contribution in [0, 0.1) is 5.92 Å². The average molecular weight is 377 g/mol. The molecule has 0 aliphatic carbocycles. The Morgan fingerprint density at radius 3 is 2.77 bits per heavy atom. The van der Waals surface area contributed by atoms with Crippen LogP contribution < -0.4 is 10.6 Å². The topological polar surface area (TPSA) is 66.5 Å². The molecule has 1 unspecified atom stereocenters. The third-order valence-electron chi connectivity index (χ3n) is 4.54. The van der Waals surface area contributed by atoms with Gasteiger partial charge in [-0.05, 0) is 24.5 Å². The van der Waals surface area contributed by atoms with Gasteiger partial charge in [0, 0.05) is 25.7 Å². The first-order valence-corrected chi connectivity index (χ1v) is 10.1. The first-order chi connectivity index (χ1) is 12.6. The molecule has 1 aliphatic rings. The van der Waals surface area contributed by atoms with Crippen molar-refractivity contribution in [2.45, 2.75) is 32.9 Å². The molecule has 0 bridgehead atoms. The van der Waals surface area contributed by atoms with Crippen LogP contribution >= 0.6 is 11.3 Å². The summed E-state index contributed by atoms with van der Waals surface area (Å²) < 4.78 is 6.59. The number of para-hydroxylation sites is 1. The Morgan fingerprint density at radius 1 is 1.27 bits per heavy atom. The summed E-state index contributed by atoms with van der Waals surface area (Å²) in [5.41, 5.74) is 0.985. The van der Waals surface area contributed by atoms with E-state index in [-0.39, 0.29) is 6.03 Å². The van der Waals surface area contributed by atoms with Gasteiger partial charge in [0.25, 0.3) is 0 Å². The van der Waals surface area contributed by atoms with Crippen molar-refractivity contribution in [3.8, 4) is 0 Å². The van der Waals surface area contributed by atoms with E-state index in [1.165, 1.54) is 0 Å². The second kappa shape index (κ2) is 9.30. The van der Waals surface area contributed by atoms with Gasteiger partial charge in [-0.3, -0.25) is 4.90 Å². The number of amides is 2. The summed E-state index contributed by atoms with van der Waals surface area (Å²) in [7, 11) is 0. The number of aromatic nitrogens is 1. The van der Waals surface area contributed by atoms with Crippen LogP contribution in [-0.4, -0.2) is 54.8 Å². The molecule has 0 spiro atoms. The highest BCUT2D eigenvalue weighted by Gasteiger charge is 2.22. The fourth-order valence-corrected chi connectivity index (χ4v) is 4.18. The van der Waals surface area contributed by atoms with Crippen molar-refractivity contribution in [3.63, 3.8) is 0 Å². The fraction of sp³-hybridized carbons (Fsp3) is 0.579. The summed E-state index contributed by atoms with van der Waals surface area (Å²) in [4.78, 5) is 19.2. The number of hydrogen-bond acceptors (Lipinski definition) is 5. The van der Waals surface area contributed by atoms with E-state index in [0.29, 0.717) is 25.0 Å². The minimum absolute atomic E-state index is 0.133. The molecule has 0 saturated carbocycles. The van der Waals surface area contributed by atoms with Crippen LogP contribution in [0.2, 0.25) is 0 Å². The van der Waals surface area contributed by atoms with E-state index in [4.69, 9.17) is 4.74 Å². The van der Waals surface area contributed by atoms with Gasteiger partial charge in [0.15, 0.2) is 0 Å². The largest absolute Gasteiger partial charge is 0.379 e. The molecule has 26 heavy (non-hydrogen) atoms. The minimum atomic E-state index is -0.133. The van der Waals surface area contributed by atoms with E-state index in [1.807, 2.05) is 18.2 Å². The molecular weight excluding hydrogens is 348 g/mol. The zero-order chi connectivity index (χ0) is 18.4. The summed E-state index contributed by atoms with van der Waals surface area (Å²) in [6.45, 7) is 8.98. The van der Waals surface area contributed by atoms with Crippen molar-refractivity contribution in [1.82, 2.24) is 20.5 Å². The maximum atomic E-state index is 12.2. The SMILES string of the molecule is CC(C)CC(CNC(=O)NCc1nc2ccccc2s1)N1CCOCC1. The molecule has 1 aromatic carbocycles. The summed E-state index contributed by atoms with van der Waals surface area (Å²) in [5.74, 6) is 0.593. The van der Waals surface area contributed by atoms with E-state index in [2.05, 4.69) is 40.4 Å². The zero-order valence-corrected chi connectivity index (χ0v) is 16.3. The quantitative estimate of drug-likeness (QED) is 0.780. The standard InChI is InChI=1S/C19H28N4O2S/c1-14(2)11-15(23-7-9-25-10-8-23)12-20-19(24)21-13-18-22-16-5-3-4-6-17(16)26-18/h3-6,14-15H,7-13H2,1-2H3,(H2,20,21,24). The third-order valence-corrected chi connectivity index (χ3v) is 5.58. The number of carbonyl (C=O) groups excluding carboxylic acids is 1. The number of hydrogen-bond donors (Lipinski definition) is 2. The van der Waals surface area contributed by atoms with Crippen molar-refractivity contribution >= 4 is 27.6 Å². The molecule has 2 N–H and O–H groups in total. The number of fused-ring (bicyclic) bond motifs is 1. The van der Waals surface area contributed by atoms with E-state index in [1.54, 1.807) is 11.3 Å². The molecule has 0 radical (unpaired) electrons. The lowest BCUT2D eigenvalue weighted by Crippen LogP contribution is -2.50. The monoisotopic (exact) mass is 376 g/mol. The van der Waals surface area contributed by atoms with E-state index in [9.17, 15) is 4.79 Å². The Balaban J connectivity index is 1.47. The molecule has 1 aliphatic heterocycles. The molecule has 1 saturated heterocycles. The van der Waals surface area contributed by atoms with Gasteiger partial charge >= 0.3 is 6.03 Å². The van der Waals surface area contributed by atoms with Crippen molar-refractivity contribution in [2.24, 2.45) is 5.92 Å². The predicted octanol–water partition coefficient (Wildman–Crippen LogP) is 2.84. The van der Waals surface area contributed by atoms with Gasteiger partial charge in [0.1, 0.15) is 5.01 Å². The summed E-state index contributed by atoms with van der Waals surface area (Å²) in [6, 6.07) is 8.25. The average Bonchev–Trinajstić information content (AvgIpc) is 3.07. The van der Waals surface area contributed by atoms with Gasteiger partial charge < -0.3 is 15.4 Å². The molecule has 6 nitrogen and oxygen atoms in total. The van der Waals surface area contributed by atoms with Crippen molar-refractivity contribution in [3.05, 3.63) is 29.3 Å². The number of thiazole rings is 1. The highest BCUT2D eigenvalue weighted by Crippen LogP contribution is 2.21. The molecular formula is C19H28N4O2S. The highest BCUT2D eigenvalue weighted by atomic mass is 32.1. The molecule has 1 fully saturated rings. The number of benzene rings is 1. The molecule has 2 heterocycles. The van der Waals surface area contributed by atoms with Crippen LogP contribution in [-0.2, 0) is 11.3 Å². The molecule has 2 aromatic rings. The maximum Gasteiger partial charge on any atom is 0.315 e. The Labute approximate surface area is 158 Å². The van der Waals surface area contributed by atoms with Crippen LogP contribution in [0.1, 0.15) is 25.3 Å². The third kappa shape index (κ3) is 5.40. The van der Waals surface area contributed by atoms with E-state index < -0.39 is 0 Å². The number of rotatable bonds is 7. The molecule has 1 aromatic heterocycles. The number of urea groups is 1. The molecule has 1 atom stereocenters. The Kier molecular flexibility index (Phi) is 6.82. The first kappa shape index (κ1) is 19.1. The maximum absolute atomic E-state index is 12.2. The number of nitrogens with zero attached hydrogens (tertiary/aromatic N) is 2. The van der Waals surface area contributed by atoms with Gasteiger partial charge in [-0.1, -0.05) is 26.0 Å². The smallest absolute Gasteiger partial charge is 0.315 e. The van der Waals surface area contributed by atoms with E-state index >= 15 is 0 Å². The molecule has 2 amide bonds.